The number of hydrogen-bond acceptors (Lipinski definition) is 2. The lowest BCUT2D eigenvalue weighted by Gasteiger charge is -2.32. The zero-order chi connectivity index (χ0) is 66.1. The van der Waals surface area contributed by atoms with Gasteiger partial charge in [-0.05, 0) is 188 Å². The Morgan fingerprint density at radius 3 is 0.879 bits per heavy atom. The first kappa shape index (κ1) is 62.5. The van der Waals surface area contributed by atoms with Gasteiger partial charge in [0.1, 0.15) is 0 Å². The average molecular weight is 1340 g/mol. The van der Waals surface area contributed by atoms with Gasteiger partial charge in [0, 0.05) is 70.3 Å². The predicted octanol–water partition coefficient (Wildman–Crippen LogP) is 24.1. The summed E-state index contributed by atoms with van der Waals surface area (Å²) in [5.41, 5.74) is 22.1. The summed E-state index contributed by atoms with van der Waals surface area (Å²) < 4.78 is 23.1. The normalized spacial score (nSPS) is 13.3. The molecule has 8 heteroatoms. The molecule has 5 heterocycles. The molecular weight excluding hydrogens is 1270 g/mol. The first-order valence-corrected chi connectivity index (χ1v) is 34.4. The zero-order valence-corrected chi connectivity index (χ0v) is 56.5. The molecule has 19 rings (SSSR count). The molecule has 0 bridgehead atoms. The first-order valence-electron chi connectivity index (χ1n) is 33.6. The highest BCUT2D eigenvalue weighted by atomic mass is 79.9. The molecule has 478 valence electrons. The lowest BCUT2D eigenvalue weighted by Crippen LogP contribution is -2.41. The fraction of sp³-hybridized carbons (Fsp3) is 0.0769. The summed E-state index contributed by atoms with van der Waals surface area (Å²) in [6.45, 7) is 8.36. The second kappa shape index (κ2) is 25.6. The summed E-state index contributed by atoms with van der Waals surface area (Å²) >= 11 is 3.61. The minimum Gasteiger partial charge on any atom is -0.399 e. The van der Waals surface area contributed by atoms with Gasteiger partial charge in [-0.25, -0.2) is 0 Å². The van der Waals surface area contributed by atoms with Gasteiger partial charge in [-0.3, -0.25) is 0 Å². The van der Waals surface area contributed by atoms with Crippen molar-refractivity contribution in [1.82, 2.24) is 18.3 Å². The molecule has 1 aliphatic heterocycles. The molecule has 0 saturated carbocycles. The summed E-state index contributed by atoms with van der Waals surface area (Å²) in [6, 6.07) is 121. The number of nitrogens with zero attached hydrogens (tertiary/aromatic N) is 4. The number of aromatic nitrogens is 4. The van der Waals surface area contributed by atoms with E-state index in [1.807, 2.05) is 12.1 Å². The highest BCUT2D eigenvalue weighted by molar-refractivity contribution is 9.10. The second-order valence-corrected chi connectivity index (χ2v) is 27.3. The van der Waals surface area contributed by atoms with E-state index in [0.717, 1.165) is 15.6 Å². The third-order valence-electron chi connectivity index (χ3n) is 20.0. The molecule has 4 aromatic heterocycles. The Bertz CT molecular complexity index is 5980. The number of hydrogen-bond donors (Lipinski definition) is 0. The third kappa shape index (κ3) is 11.2. The Balaban J connectivity index is 0.000000121. The largest absolute Gasteiger partial charge is 0.494 e. The Hall–Kier alpha value is -11.3. The van der Waals surface area contributed by atoms with E-state index in [4.69, 9.17) is 9.31 Å². The van der Waals surface area contributed by atoms with Gasteiger partial charge in [0.2, 0.25) is 0 Å². The molecule has 0 unspecified atom stereocenters. The molecule has 0 aliphatic carbocycles. The lowest BCUT2D eigenvalue weighted by atomic mass is 9.78. The molecule has 0 atom stereocenters. The minimum absolute atomic E-state index is 0. The molecule has 18 aromatic rings. The second-order valence-electron chi connectivity index (χ2n) is 26.4. The first-order chi connectivity index (χ1) is 48.0. The number of halogens is 1. The van der Waals surface area contributed by atoms with Gasteiger partial charge < -0.3 is 27.6 Å². The van der Waals surface area contributed by atoms with Crippen LogP contribution in [-0.2, 0) is 9.31 Å². The molecule has 0 radical (unpaired) electrons. The molecule has 1 aliphatic rings. The van der Waals surface area contributed by atoms with Crippen molar-refractivity contribution in [3.63, 3.8) is 0 Å². The van der Waals surface area contributed by atoms with E-state index in [9.17, 15) is 0 Å². The van der Waals surface area contributed by atoms with Gasteiger partial charge in [-0.2, -0.15) is 0 Å². The van der Waals surface area contributed by atoms with Crippen molar-refractivity contribution in [3.8, 4) is 56.1 Å². The lowest BCUT2D eigenvalue weighted by molar-refractivity contribution is 0.00578. The van der Waals surface area contributed by atoms with Crippen LogP contribution in [0.3, 0.4) is 0 Å². The third-order valence-corrected chi connectivity index (χ3v) is 20.5. The van der Waals surface area contributed by atoms with Gasteiger partial charge in [0.25, 0.3) is 0 Å². The SMILES string of the molecule is Brc1ccc2c(c1)c1ccccc1n2-c1ccc(-c2ccccc2)cc1.C.CC1(C)OB(c2ccc3c(c2)c2ccccc2n3-c2ccccc2)OC1(C)C.c1ccc(-c2ccc(-n3c4ccccc4c4cc(-c5ccc6c(c5)c5ccccc5n6-c5ccccc5)ccc43)cc2)cc1. The van der Waals surface area contributed by atoms with Crippen molar-refractivity contribution in [2.24, 2.45) is 0 Å². The van der Waals surface area contributed by atoms with Crippen LogP contribution in [0.1, 0.15) is 35.1 Å². The van der Waals surface area contributed by atoms with Crippen molar-refractivity contribution in [2.75, 3.05) is 0 Å². The van der Waals surface area contributed by atoms with Crippen LogP contribution in [-0.4, -0.2) is 36.6 Å². The maximum atomic E-state index is 6.27. The van der Waals surface area contributed by atoms with E-state index in [0.29, 0.717) is 0 Å². The van der Waals surface area contributed by atoms with Crippen LogP contribution in [0.25, 0.3) is 143 Å². The Labute approximate surface area is 586 Å². The van der Waals surface area contributed by atoms with Crippen LogP contribution in [0.4, 0.5) is 0 Å². The fourth-order valence-electron chi connectivity index (χ4n) is 14.5. The maximum Gasteiger partial charge on any atom is 0.494 e. The molecular formula is C91H72BBrN4O2. The van der Waals surface area contributed by atoms with E-state index in [1.165, 1.54) is 138 Å². The standard InChI is InChI=1S/C42H28N2.C24H24BNO2.C24H16BrN.CH4/c1-3-11-29(12-4-1)30-19-23-34(24-20-30)44-40-18-10-8-16-36(40)38-28-32(22-26-42(38)44)31-21-25-41-37(27-31)35-15-7-9-17-39(35)43(41)33-13-5-2-6-14-33;1-23(2)24(3,4)28-25(27-23)17-14-15-22-20(16-17)19-12-8-9-13-21(19)26(22)18-10-6-5-7-11-18;25-19-12-15-24-22(16-19)21-8-4-5-9-23(21)26(24)20-13-10-18(11-14-20)17-6-2-1-3-7-17;/h1-28H;5-16H,1-4H3;1-16H;1H4. The van der Waals surface area contributed by atoms with Gasteiger partial charge in [0.15, 0.2) is 0 Å². The number of rotatable bonds is 8. The highest BCUT2D eigenvalue weighted by Crippen LogP contribution is 2.42. The molecule has 99 heavy (non-hydrogen) atoms. The summed E-state index contributed by atoms with van der Waals surface area (Å²) in [7, 11) is -0.353. The van der Waals surface area contributed by atoms with E-state index in [2.05, 4.69) is 389 Å². The smallest absolute Gasteiger partial charge is 0.399 e. The zero-order valence-electron chi connectivity index (χ0n) is 54.9. The van der Waals surface area contributed by atoms with Crippen LogP contribution in [0.15, 0.2) is 344 Å². The molecule has 6 nitrogen and oxygen atoms in total. The predicted molar refractivity (Wildman–Crippen MR) is 423 cm³/mol. The number of fused-ring (bicyclic) bond motifs is 12. The van der Waals surface area contributed by atoms with E-state index in [1.54, 1.807) is 0 Å². The average Bonchev–Trinajstić information content (AvgIpc) is 1.61. The van der Waals surface area contributed by atoms with Crippen molar-refractivity contribution < 1.29 is 9.31 Å². The summed E-state index contributed by atoms with van der Waals surface area (Å²) in [6.07, 6.45) is 0. The summed E-state index contributed by atoms with van der Waals surface area (Å²) in [4.78, 5) is 0. The van der Waals surface area contributed by atoms with Crippen molar-refractivity contribution in [2.45, 2.75) is 46.3 Å². The quantitative estimate of drug-likeness (QED) is 0.142. The summed E-state index contributed by atoms with van der Waals surface area (Å²) in [5.74, 6) is 0. The molecule has 0 N–H and O–H groups in total. The van der Waals surface area contributed by atoms with E-state index in [-0.39, 0.29) is 25.7 Å². The molecule has 0 spiro atoms. The van der Waals surface area contributed by atoms with Crippen molar-refractivity contribution in [1.29, 1.82) is 0 Å². The van der Waals surface area contributed by atoms with Gasteiger partial charge in [0.05, 0.1) is 55.3 Å². The Morgan fingerprint density at radius 2 is 0.505 bits per heavy atom. The van der Waals surface area contributed by atoms with Crippen molar-refractivity contribution in [3.05, 3.63) is 344 Å². The van der Waals surface area contributed by atoms with E-state index >= 15 is 0 Å². The number of benzene rings is 14. The van der Waals surface area contributed by atoms with Gasteiger partial charge >= 0.3 is 7.12 Å². The summed E-state index contributed by atoms with van der Waals surface area (Å²) in [5, 5.41) is 10.0. The molecule has 1 saturated heterocycles. The van der Waals surface area contributed by atoms with Crippen LogP contribution in [0.5, 0.6) is 0 Å². The van der Waals surface area contributed by atoms with Crippen LogP contribution in [0.2, 0.25) is 0 Å². The van der Waals surface area contributed by atoms with E-state index < -0.39 is 0 Å². The number of para-hydroxylation sites is 6. The van der Waals surface area contributed by atoms with Crippen LogP contribution >= 0.6 is 15.9 Å². The Morgan fingerprint density at radius 1 is 0.242 bits per heavy atom. The monoisotopic (exact) mass is 1340 g/mol. The van der Waals surface area contributed by atoms with Crippen LogP contribution in [0, 0.1) is 0 Å². The molecule has 0 amide bonds. The maximum absolute atomic E-state index is 6.27. The molecule has 14 aromatic carbocycles. The molecule has 1 fully saturated rings. The minimum atomic E-state index is -0.353. The topological polar surface area (TPSA) is 38.2 Å². The van der Waals surface area contributed by atoms with Gasteiger partial charge in [-0.15, -0.1) is 0 Å². The highest BCUT2D eigenvalue weighted by Gasteiger charge is 2.51. The Kier molecular flexibility index (Phi) is 16.2. The van der Waals surface area contributed by atoms with Crippen LogP contribution < -0.4 is 5.46 Å². The fourth-order valence-corrected chi connectivity index (χ4v) is 14.9. The van der Waals surface area contributed by atoms with Gasteiger partial charge in [-0.1, -0.05) is 242 Å². The van der Waals surface area contributed by atoms with Crippen molar-refractivity contribution >= 4 is 116 Å².